The lowest BCUT2D eigenvalue weighted by Gasteiger charge is -2.20. The Labute approximate surface area is 147 Å². The molecule has 0 spiro atoms. The first-order chi connectivity index (χ1) is 12.1. The molecule has 1 N–H and O–H groups in total. The molecular formula is C18H26N4O3. The van der Waals surface area contributed by atoms with Gasteiger partial charge in [-0.2, -0.15) is 0 Å². The number of carbonyl (C=O) groups excluding carboxylic acids is 2. The van der Waals surface area contributed by atoms with E-state index in [1.807, 2.05) is 4.90 Å². The van der Waals surface area contributed by atoms with E-state index in [9.17, 15) is 9.59 Å². The highest BCUT2D eigenvalue weighted by atomic mass is 16.5. The molecule has 3 aliphatic rings. The highest BCUT2D eigenvalue weighted by Gasteiger charge is 2.34. The maximum absolute atomic E-state index is 12.4. The van der Waals surface area contributed by atoms with E-state index in [2.05, 4.69) is 22.3 Å². The van der Waals surface area contributed by atoms with Gasteiger partial charge in [-0.15, -0.1) is 0 Å². The SMILES string of the molecule is C[C@@H]1CN(CC(=O)N2CCCC2)C[C@H]1NC(=O)c1cc(C2CC2)on1. The lowest BCUT2D eigenvalue weighted by molar-refractivity contribution is -0.131. The molecular weight excluding hydrogens is 320 g/mol. The summed E-state index contributed by atoms with van der Waals surface area (Å²) in [5.74, 6) is 1.61. The summed E-state index contributed by atoms with van der Waals surface area (Å²) < 4.78 is 5.26. The second-order valence-electron chi connectivity index (χ2n) is 7.73. The smallest absolute Gasteiger partial charge is 0.273 e. The maximum Gasteiger partial charge on any atom is 0.273 e. The number of rotatable bonds is 5. The van der Waals surface area contributed by atoms with Crippen molar-refractivity contribution in [3.63, 3.8) is 0 Å². The quantitative estimate of drug-likeness (QED) is 0.867. The zero-order valence-electron chi connectivity index (χ0n) is 14.7. The molecule has 1 aliphatic carbocycles. The van der Waals surface area contributed by atoms with Gasteiger partial charge >= 0.3 is 0 Å². The molecule has 2 saturated heterocycles. The Bertz CT molecular complexity index is 649. The minimum atomic E-state index is -0.180. The largest absolute Gasteiger partial charge is 0.360 e. The zero-order valence-corrected chi connectivity index (χ0v) is 14.7. The lowest BCUT2D eigenvalue weighted by atomic mass is 10.1. The predicted octanol–water partition coefficient (Wildman–Crippen LogP) is 1.22. The molecule has 0 unspecified atom stereocenters. The maximum atomic E-state index is 12.4. The van der Waals surface area contributed by atoms with E-state index in [-0.39, 0.29) is 17.9 Å². The van der Waals surface area contributed by atoms with Gasteiger partial charge in [0.1, 0.15) is 5.76 Å². The Morgan fingerprint density at radius 2 is 2.04 bits per heavy atom. The van der Waals surface area contributed by atoms with Gasteiger partial charge in [0.2, 0.25) is 5.91 Å². The minimum Gasteiger partial charge on any atom is -0.360 e. The normalized spacial score (nSPS) is 27.0. The topological polar surface area (TPSA) is 78.7 Å². The van der Waals surface area contributed by atoms with Crippen LogP contribution in [0, 0.1) is 5.92 Å². The number of hydrogen-bond donors (Lipinski definition) is 1. The van der Waals surface area contributed by atoms with E-state index in [0.29, 0.717) is 30.6 Å². The van der Waals surface area contributed by atoms with Crippen molar-refractivity contribution in [2.75, 3.05) is 32.7 Å². The molecule has 136 valence electrons. The third kappa shape index (κ3) is 3.71. The Hall–Kier alpha value is -1.89. The van der Waals surface area contributed by atoms with Crippen LogP contribution in [0.5, 0.6) is 0 Å². The molecule has 2 aliphatic heterocycles. The lowest BCUT2D eigenvalue weighted by Crippen LogP contribution is -2.41. The number of amides is 2. The fraction of sp³-hybridized carbons (Fsp3) is 0.722. The van der Waals surface area contributed by atoms with Gasteiger partial charge in [0.15, 0.2) is 5.69 Å². The second-order valence-corrected chi connectivity index (χ2v) is 7.73. The summed E-state index contributed by atoms with van der Waals surface area (Å²) in [5, 5.41) is 6.97. The molecule has 1 aromatic heterocycles. The third-order valence-electron chi connectivity index (χ3n) is 5.56. The molecule has 3 heterocycles. The summed E-state index contributed by atoms with van der Waals surface area (Å²) in [7, 11) is 0. The number of hydrogen-bond acceptors (Lipinski definition) is 5. The van der Waals surface area contributed by atoms with Crippen LogP contribution in [-0.2, 0) is 4.79 Å². The van der Waals surface area contributed by atoms with Crippen molar-refractivity contribution < 1.29 is 14.1 Å². The molecule has 7 nitrogen and oxygen atoms in total. The van der Waals surface area contributed by atoms with Gasteiger partial charge in [0.05, 0.1) is 6.54 Å². The van der Waals surface area contributed by atoms with Crippen LogP contribution in [-0.4, -0.2) is 65.5 Å². The van der Waals surface area contributed by atoms with Crippen LogP contribution < -0.4 is 5.32 Å². The monoisotopic (exact) mass is 346 g/mol. The molecule has 2 atom stereocenters. The van der Waals surface area contributed by atoms with Crippen LogP contribution >= 0.6 is 0 Å². The first-order valence-corrected chi connectivity index (χ1v) is 9.38. The molecule has 7 heteroatoms. The van der Waals surface area contributed by atoms with Gasteiger partial charge in [-0.05, 0) is 31.6 Å². The number of carbonyl (C=O) groups is 2. The van der Waals surface area contributed by atoms with Crippen LogP contribution in [0.2, 0.25) is 0 Å². The second kappa shape index (κ2) is 6.78. The van der Waals surface area contributed by atoms with Gasteiger partial charge in [-0.3, -0.25) is 14.5 Å². The molecule has 1 saturated carbocycles. The Morgan fingerprint density at radius 3 is 2.76 bits per heavy atom. The molecule has 1 aromatic rings. The van der Waals surface area contributed by atoms with Crippen LogP contribution in [0.3, 0.4) is 0 Å². The van der Waals surface area contributed by atoms with Crippen LogP contribution in [0.1, 0.15) is 54.8 Å². The van der Waals surface area contributed by atoms with E-state index < -0.39 is 0 Å². The molecule has 0 radical (unpaired) electrons. The van der Waals surface area contributed by atoms with Gasteiger partial charge < -0.3 is 14.7 Å². The summed E-state index contributed by atoms with van der Waals surface area (Å²) in [6.07, 6.45) is 4.47. The van der Waals surface area contributed by atoms with Crippen LogP contribution in [0.4, 0.5) is 0 Å². The summed E-state index contributed by atoms with van der Waals surface area (Å²) in [5.41, 5.74) is 0.362. The van der Waals surface area contributed by atoms with E-state index >= 15 is 0 Å². The van der Waals surface area contributed by atoms with Crippen molar-refractivity contribution in [1.29, 1.82) is 0 Å². The summed E-state index contributed by atoms with van der Waals surface area (Å²) >= 11 is 0. The average Bonchev–Trinajstić information content (AvgIpc) is 3.02. The van der Waals surface area contributed by atoms with Crippen molar-refractivity contribution in [1.82, 2.24) is 20.3 Å². The number of aromatic nitrogens is 1. The van der Waals surface area contributed by atoms with Crippen molar-refractivity contribution in [2.45, 2.75) is 44.6 Å². The van der Waals surface area contributed by atoms with Crippen molar-refractivity contribution >= 4 is 11.8 Å². The highest BCUT2D eigenvalue weighted by molar-refractivity contribution is 5.92. The highest BCUT2D eigenvalue weighted by Crippen LogP contribution is 2.40. The molecule has 3 fully saturated rings. The van der Waals surface area contributed by atoms with Gasteiger partial charge in [-0.1, -0.05) is 12.1 Å². The third-order valence-corrected chi connectivity index (χ3v) is 5.56. The van der Waals surface area contributed by atoms with E-state index in [0.717, 1.165) is 51.1 Å². The predicted molar refractivity (Wildman–Crippen MR) is 91.2 cm³/mol. The minimum absolute atomic E-state index is 0.0416. The average molecular weight is 346 g/mol. The zero-order chi connectivity index (χ0) is 17.4. The summed E-state index contributed by atoms with van der Waals surface area (Å²) in [6.45, 7) is 5.88. The number of nitrogens with zero attached hydrogens (tertiary/aromatic N) is 3. The van der Waals surface area contributed by atoms with E-state index in [1.165, 1.54) is 0 Å². The fourth-order valence-corrected chi connectivity index (χ4v) is 3.84. The molecule has 25 heavy (non-hydrogen) atoms. The summed E-state index contributed by atoms with van der Waals surface area (Å²) in [4.78, 5) is 28.8. The molecule has 4 rings (SSSR count). The van der Waals surface area contributed by atoms with Gasteiger partial charge in [-0.25, -0.2) is 0 Å². The Kier molecular flexibility index (Phi) is 4.50. The Balaban J connectivity index is 1.29. The number of likely N-dealkylation sites (tertiary alicyclic amines) is 2. The first-order valence-electron chi connectivity index (χ1n) is 9.38. The van der Waals surface area contributed by atoms with E-state index in [4.69, 9.17) is 4.52 Å². The summed E-state index contributed by atoms with van der Waals surface area (Å²) in [6, 6.07) is 1.81. The van der Waals surface area contributed by atoms with Gasteiger partial charge in [0, 0.05) is 44.2 Å². The number of nitrogens with one attached hydrogen (secondary N) is 1. The Morgan fingerprint density at radius 1 is 1.28 bits per heavy atom. The fourth-order valence-electron chi connectivity index (χ4n) is 3.84. The molecule has 0 aromatic carbocycles. The van der Waals surface area contributed by atoms with E-state index in [1.54, 1.807) is 6.07 Å². The standard InChI is InChI=1S/C18H26N4O3/c1-12-9-21(11-17(23)22-6-2-3-7-22)10-15(12)19-18(24)14-8-16(25-20-14)13-4-5-13/h8,12-13,15H,2-7,9-11H2,1H3,(H,19,24)/t12-,15-/m1/s1. The first kappa shape index (κ1) is 16.6. The van der Waals surface area contributed by atoms with Gasteiger partial charge in [0.25, 0.3) is 5.91 Å². The van der Waals surface area contributed by atoms with Crippen molar-refractivity contribution in [3.05, 3.63) is 17.5 Å². The van der Waals surface area contributed by atoms with Crippen molar-refractivity contribution in [2.24, 2.45) is 5.92 Å². The van der Waals surface area contributed by atoms with Crippen LogP contribution in [0.15, 0.2) is 10.6 Å². The van der Waals surface area contributed by atoms with Crippen LogP contribution in [0.25, 0.3) is 0 Å². The molecule has 0 bridgehead atoms. The molecule has 2 amide bonds. The van der Waals surface area contributed by atoms with Crippen molar-refractivity contribution in [3.8, 4) is 0 Å².